The quantitative estimate of drug-likeness (QED) is 0.770. The van der Waals surface area contributed by atoms with E-state index in [9.17, 15) is 4.79 Å². The molecular formula is C17H22O3. The molecule has 108 valence electrons. The lowest BCUT2D eigenvalue weighted by atomic mass is 10.00. The lowest BCUT2D eigenvalue weighted by Crippen LogP contribution is -2.27. The van der Waals surface area contributed by atoms with Crippen LogP contribution in [0.4, 0.5) is 0 Å². The van der Waals surface area contributed by atoms with Crippen LogP contribution in [0.15, 0.2) is 24.3 Å². The normalized spacial score (nSPS) is 16.2. The fourth-order valence-corrected chi connectivity index (χ4v) is 2.08. The summed E-state index contributed by atoms with van der Waals surface area (Å²) in [5.74, 6) is 0.643. The molecule has 1 aromatic carbocycles. The van der Waals surface area contributed by atoms with Crippen LogP contribution in [-0.2, 0) is 16.0 Å². The maximum absolute atomic E-state index is 11.8. The minimum atomic E-state index is -0.446. The molecule has 1 aliphatic heterocycles. The zero-order chi connectivity index (χ0) is 15.0. The summed E-state index contributed by atoms with van der Waals surface area (Å²) >= 11 is 0. The lowest BCUT2D eigenvalue weighted by Gasteiger charge is -2.28. The molecule has 3 heteroatoms. The first kappa shape index (κ1) is 14.6. The molecule has 0 saturated heterocycles. The van der Waals surface area contributed by atoms with Crippen LogP contribution in [-0.4, -0.2) is 17.2 Å². The number of hydrogen-bond acceptors (Lipinski definition) is 3. The van der Waals surface area contributed by atoms with E-state index in [1.807, 2.05) is 65.0 Å². The van der Waals surface area contributed by atoms with Gasteiger partial charge in [-0.15, -0.1) is 0 Å². The number of carbonyl (C=O) groups is 1. The molecule has 0 fully saturated rings. The molecule has 0 aromatic heterocycles. The van der Waals surface area contributed by atoms with Crippen LogP contribution in [0.5, 0.6) is 5.75 Å². The number of ether oxygens (including phenoxy) is 2. The summed E-state index contributed by atoms with van der Waals surface area (Å²) in [6.07, 6.45) is 4.34. The van der Waals surface area contributed by atoms with Crippen LogP contribution in [0.1, 0.15) is 45.7 Å². The topological polar surface area (TPSA) is 35.5 Å². The van der Waals surface area contributed by atoms with Gasteiger partial charge in [0.15, 0.2) is 0 Å². The van der Waals surface area contributed by atoms with Crippen molar-refractivity contribution < 1.29 is 14.3 Å². The summed E-state index contributed by atoms with van der Waals surface area (Å²) in [5.41, 5.74) is 1.22. The third-order valence-electron chi connectivity index (χ3n) is 2.88. The molecule has 2 rings (SSSR count). The predicted molar refractivity (Wildman–Crippen MR) is 79.7 cm³/mol. The Kier molecular flexibility index (Phi) is 3.63. The molecule has 0 amide bonds. The van der Waals surface area contributed by atoms with Crippen LogP contribution >= 0.6 is 0 Å². The zero-order valence-electron chi connectivity index (χ0n) is 12.8. The zero-order valence-corrected chi connectivity index (χ0v) is 12.8. The van der Waals surface area contributed by atoms with Gasteiger partial charge in [-0.2, -0.15) is 0 Å². The number of carbonyl (C=O) groups excluding carboxylic acids is 1. The molecule has 0 bridgehead atoms. The number of rotatable bonds is 2. The minimum absolute atomic E-state index is 0.210. The first-order valence-electron chi connectivity index (χ1n) is 6.88. The van der Waals surface area contributed by atoms with Crippen molar-refractivity contribution in [3.8, 4) is 5.75 Å². The molecule has 1 heterocycles. The summed E-state index contributed by atoms with van der Waals surface area (Å²) in [5, 5.41) is 0. The first-order chi connectivity index (χ1) is 9.15. The molecule has 0 atom stereocenters. The summed E-state index contributed by atoms with van der Waals surface area (Å²) in [6, 6.07) is 5.81. The van der Waals surface area contributed by atoms with E-state index in [1.54, 1.807) is 0 Å². The fraction of sp³-hybridized carbons (Fsp3) is 0.471. The third kappa shape index (κ3) is 3.86. The van der Waals surface area contributed by atoms with Crippen LogP contribution in [0.2, 0.25) is 0 Å². The average Bonchev–Trinajstić information content (AvgIpc) is 2.26. The predicted octanol–water partition coefficient (Wildman–Crippen LogP) is 3.76. The number of hydrogen-bond donors (Lipinski definition) is 0. The molecule has 20 heavy (non-hydrogen) atoms. The summed E-state index contributed by atoms with van der Waals surface area (Å²) in [4.78, 5) is 11.8. The van der Waals surface area contributed by atoms with Crippen LogP contribution in [0, 0.1) is 0 Å². The molecule has 1 aromatic rings. The fourth-order valence-electron chi connectivity index (χ4n) is 2.08. The van der Waals surface area contributed by atoms with Crippen molar-refractivity contribution >= 4 is 12.0 Å². The first-order valence-corrected chi connectivity index (χ1v) is 6.88. The van der Waals surface area contributed by atoms with Gasteiger partial charge in [0.05, 0.1) is 6.42 Å². The molecule has 0 N–H and O–H groups in total. The van der Waals surface area contributed by atoms with E-state index in [2.05, 4.69) is 0 Å². The Hall–Kier alpha value is -1.77. The van der Waals surface area contributed by atoms with E-state index < -0.39 is 5.60 Å². The van der Waals surface area contributed by atoms with Crippen molar-refractivity contribution in [3.05, 3.63) is 35.4 Å². The SMILES string of the molecule is CC(C)(C)OC(=O)Cc1ccc2c(c1)C=CC(C)(C)O2. The maximum Gasteiger partial charge on any atom is 0.310 e. The monoisotopic (exact) mass is 274 g/mol. The Bertz CT molecular complexity index is 548. The van der Waals surface area contributed by atoms with Gasteiger partial charge in [-0.25, -0.2) is 0 Å². The Morgan fingerprint density at radius 1 is 1.30 bits per heavy atom. The van der Waals surface area contributed by atoms with Crippen molar-refractivity contribution in [2.75, 3.05) is 0 Å². The molecule has 1 aliphatic rings. The molecule has 0 aliphatic carbocycles. The maximum atomic E-state index is 11.8. The van der Waals surface area contributed by atoms with Crippen molar-refractivity contribution in [1.29, 1.82) is 0 Å². The Morgan fingerprint density at radius 3 is 2.65 bits per heavy atom. The smallest absolute Gasteiger partial charge is 0.310 e. The number of fused-ring (bicyclic) bond motifs is 1. The van der Waals surface area contributed by atoms with E-state index in [0.29, 0.717) is 0 Å². The van der Waals surface area contributed by atoms with Gasteiger partial charge in [-0.3, -0.25) is 4.79 Å². The summed E-state index contributed by atoms with van der Waals surface area (Å²) in [6.45, 7) is 9.64. The standard InChI is InChI=1S/C17H22O3/c1-16(2,3)20-15(18)11-12-6-7-14-13(10-12)8-9-17(4,5)19-14/h6-10H,11H2,1-5H3. The van der Waals surface area contributed by atoms with Gasteiger partial charge in [0.2, 0.25) is 0 Å². The minimum Gasteiger partial charge on any atom is -0.483 e. The summed E-state index contributed by atoms with van der Waals surface area (Å²) in [7, 11) is 0. The average molecular weight is 274 g/mol. The highest BCUT2D eigenvalue weighted by atomic mass is 16.6. The van der Waals surface area contributed by atoms with E-state index in [4.69, 9.17) is 9.47 Å². The summed E-state index contributed by atoms with van der Waals surface area (Å²) < 4.78 is 11.2. The van der Waals surface area contributed by atoms with Crippen molar-refractivity contribution in [2.24, 2.45) is 0 Å². The highest BCUT2D eigenvalue weighted by molar-refractivity contribution is 5.74. The van der Waals surface area contributed by atoms with Crippen LogP contribution < -0.4 is 4.74 Å². The molecule has 0 saturated carbocycles. The highest BCUT2D eigenvalue weighted by Crippen LogP contribution is 2.31. The third-order valence-corrected chi connectivity index (χ3v) is 2.88. The lowest BCUT2D eigenvalue weighted by molar-refractivity contribution is -0.153. The number of esters is 1. The molecule has 0 radical (unpaired) electrons. The Labute approximate surface area is 120 Å². The van der Waals surface area contributed by atoms with Crippen LogP contribution in [0.25, 0.3) is 6.08 Å². The van der Waals surface area contributed by atoms with Crippen molar-refractivity contribution in [3.63, 3.8) is 0 Å². The van der Waals surface area contributed by atoms with Gasteiger partial charge in [-0.1, -0.05) is 12.1 Å². The Balaban J connectivity index is 2.11. The van der Waals surface area contributed by atoms with Crippen LogP contribution in [0.3, 0.4) is 0 Å². The second-order valence-electron chi connectivity index (χ2n) is 6.67. The van der Waals surface area contributed by atoms with Gasteiger partial charge >= 0.3 is 5.97 Å². The van der Waals surface area contributed by atoms with Gasteiger partial charge in [0.25, 0.3) is 0 Å². The van der Waals surface area contributed by atoms with Crippen molar-refractivity contribution in [1.82, 2.24) is 0 Å². The number of benzene rings is 1. The van der Waals surface area contributed by atoms with Gasteiger partial charge in [0.1, 0.15) is 17.0 Å². The van der Waals surface area contributed by atoms with E-state index in [0.717, 1.165) is 16.9 Å². The van der Waals surface area contributed by atoms with Crippen molar-refractivity contribution in [2.45, 2.75) is 52.2 Å². The highest BCUT2D eigenvalue weighted by Gasteiger charge is 2.22. The molecule has 0 spiro atoms. The van der Waals surface area contributed by atoms with Gasteiger partial charge in [-0.05, 0) is 58.4 Å². The van der Waals surface area contributed by atoms with Gasteiger partial charge < -0.3 is 9.47 Å². The molecule has 0 unspecified atom stereocenters. The van der Waals surface area contributed by atoms with Gasteiger partial charge in [0, 0.05) is 5.56 Å². The second kappa shape index (κ2) is 4.97. The molecule has 3 nitrogen and oxygen atoms in total. The Morgan fingerprint density at radius 2 is 2.00 bits per heavy atom. The second-order valence-corrected chi connectivity index (χ2v) is 6.67. The van der Waals surface area contributed by atoms with E-state index >= 15 is 0 Å². The molecular weight excluding hydrogens is 252 g/mol. The van der Waals surface area contributed by atoms with E-state index in [-0.39, 0.29) is 18.0 Å². The van der Waals surface area contributed by atoms with E-state index in [1.165, 1.54) is 0 Å². The largest absolute Gasteiger partial charge is 0.483 e.